The van der Waals surface area contributed by atoms with E-state index in [2.05, 4.69) is 9.88 Å². The molecule has 1 saturated heterocycles. The first-order chi connectivity index (χ1) is 8.25. The Morgan fingerprint density at radius 2 is 2.00 bits per heavy atom. The van der Waals surface area contributed by atoms with Crippen molar-refractivity contribution in [1.82, 2.24) is 4.98 Å². The van der Waals surface area contributed by atoms with Gasteiger partial charge in [0.1, 0.15) is 0 Å². The van der Waals surface area contributed by atoms with Gasteiger partial charge in [-0.1, -0.05) is 0 Å². The first-order valence-corrected chi connectivity index (χ1v) is 6.41. The molecule has 2 aliphatic rings. The van der Waals surface area contributed by atoms with E-state index in [1.54, 1.807) is 6.07 Å². The Kier molecular flexibility index (Phi) is 2.67. The van der Waals surface area contributed by atoms with Crippen molar-refractivity contribution in [2.45, 2.75) is 38.2 Å². The SMILES string of the molecule is Oc1cc(N2CCCC2)c2c(n1)C(O)CCC2. The predicted octanol–water partition coefficient (Wildman–Crippen LogP) is 1.76. The molecule has 1 aliphatic heterocycles. The van der Waals surface area contributed by atoms with Gasteiger partial charge in [0.25, 0.3) is 0 Å². The molecule has 0 spiro atoms. The fourth-order valence-corrected chi connectivity index (χ4v) is 2.94. The lowest BCUT2D eigenvalue weighted by Gasteiger charge is -2.27. The van der Waals surface area contributed by atoms with Crippen LogP contribution < -0.4 is 4.90 Å². The quantitative estimate of drug-likeness (QED) is 0.777. The van der Waals surface area contributed by atoms with E-state index in [-0.39, 0.29) is 5.88 Å². The second-order valence-electron chi connectivity index (χ2n) is 4.97. The van der Waals surface area contributed by atoms with Crippen molar-refractivity contribution in [3.63, 3.8) is 0 Å². The van der Waals surface area contributed by atoms with Gasteiger partial charge >= 0.3 is 0 Å². The molecule has 92 valence electrons. The van der Waals surface area contributed by atoms with Crippen molar-refractivity contribution in [2.75, 3.05) is 18.0 Å². The zero-order valence-electron chi connectivity index (χ0n) is 9.89. The summed E-state index contributed by atoms with van der Waals surface area (Å²) in [6.45, 7) is 2.10. The number of aliphatic hydroxyl groups excluding tert-OH is 1. The minimum Gasteiger partial charge on any atom is -0.493 e. The summed E-state index contributed by atoms with van der Waals surface area (Å²) < 4.78 is 0. The third-order valence-electron chi connectivity index (χ3n) is 3.79. The van der Waals surface area contributed by atoms with Crippen LogP contribution in [-0.2, 0) is 6.42 Å². The smallest absolute Gasteiger partial charge is 0.213 e. The molecular formula is C13H18N2O2. The summed E-state index contributed by atoms with van der Waals surface area (Å²) >= 11 is 0. The monoisotopic (exact) mass is 234 g/mol. The summed E-state index contributed by atoms with van der Waals surface area (Å²) in [7, 11) is 0. The normalized spacial score (nSPS) is 23.8. The molecule has 17 heavy (non-hydrogen) atoms. The molecule has 0 aromatic carbocycles. The van der Waals surface area contributed by atoms with E-state index in [1.165, 1.54) is 12.8 Å². The molecule has 1 aromatic heterocycles. The molecule has 0 saturated carbocycles. The van der Waals surface area contributed by atoms with Gasteiger partial charge in [0.05, 0.1) is 11.8 Å². The van der Waals surface area contributed by atoms with Gasteiger partial charge in [-0.05, 0) is 37.7 Å². The van der Waals surface area contributed by atoms with Gasteiger partial charge in [-0.25, -0.2) is 4.98 Å². The molecule has 1 aliphatic carbocycles. The van der Waals surface area contributed by atoms with Gasteiger partial charge in [0.15, 0.2) is 0 Å². The van der Waals surface area contributed by atoms with E-state index in [1.807, 2.05) is 0 Å². The molecule has 0 bridgehead atoms. The number of aromatic hydroxyl groups is 1. The standard InChI is InChI=1S/C13H18N2O2/c16-11-5-3-4-9-10(15-6-1-2-7-15)8-12(17)14-13(9)11/h8,11,16H,1-7H2,(H,14,17). The fraction of sp³-hybridized carbons (Fsp3) is 0.615. The minimum atomic E-state index is -0.507. The topological polar surface area (TPSA) is 56.6 Å². The molecule has 1 unspecified atom stereocenters. The first kappa shape index (κ1) is 10.8. The van der Waals surface area contributed by atoms with Crippen molar-refractivity contribution in [2.24, 2.45) is 0 Å². The average molecular weight is 234 g/mol. The average Bonchev–Trinajstić information content (AvgIpc) is 2.83. The van der Waals surface area contributed by atoms with Crippen molar-refractivity contribution in [1.29, 1.82) is 0 Å². The summed E-state index contributed by atoms with van der Waals surface area (Å²) in [6, 6.07) is 1.75. The van der Waals surface area contributed by atoms with Crippen LogP contribution in [0, 0.1) is 0 Å². The van der Waals surface area contributed by atoms with Gasteiger partial charge < -0.3 is 15.1 Å². The second-order valence-corrected chi connectivity index (χ2v) is 4.97. The summed E-state index contributed by atoms with van der Waals surface area (Å²) in [5.41, 5.74) is 2.92. The summed E-state index contributed by atoms with van der Waals surface area (Å²) in [5.74, 6) is 0.0339. The zero-order valence-corrected chi connectivity index (χ0v) is 9.89. The molecule has 1 aromatic rings. The van der Waals surface area contributed by atoms with Crippen LogP contribution in [0.3, 0.4) is 0 Å². The van der Waals surface area contributed by atoms with Crippen LogP contribution in [0.15, 0.2) is 6.07 Å². The Morgan fingerprint density at radius 1 is 1.24 bits per heavy atom. The van der Waals surface area contributed by atoms with E-state index < -0.39 is 6.10 Å². The number of hydrogen-bond donors (Lipinski definition) is 2. The van der Waals surface area contributed by atoms with Crippen LogP contribution in [0.5, 0.6) is 5.88 Å². The van der Waals surface area contributed by atoms with Crippen LogP contribution in [-0.4, -0.2) is 28.3 Å². The zero-order chi connectivity index (χ0) is 11.8. The van der Waals surface area contributed by atoms with E-state index in [0.29, 0.717) is 5.69 Å². The lowest BCUT2D eigenvalue weighted by Crippen LogP contribution is -2.22. The molecule has 1 fully saturated rings. The fourth-order valence-electron chi connectivity index (χ4n) is 2.94. The molecule has 2 N–H and O–H groups in total. The van der Waals surface area contributed by atoms with Gasteiger partial charge in [0, 0.05) is 24.8 Å². The Labute approximate surface area is 101 Å². The predicted molar refractivity (Wildman–Crippen MR) is 65.2 cm³/mol. The van der Waals surface area contributed by atoms with Crippen LogP contribution >= 0.6 is 0 Å². The Morgan fingerprint density at radius 3 is 2.76 bits per heavy atom. The van der Waals surface area contributed by atoms with E-state index in [9.17, 15) is 10.2 Å². The van der Waals surface area contributed by atoms with Crippen LogP contribution in [0.25, 0.3) is 0 Å². The molecule has 2 heterocycles. The Bertz CT molecular complexity index is 428. The number of fused-ring (bicyclic) bond motifs is 1. The number of pyridine rings is 1. The number of aliphatic hydroxyl groups is 1. The van der Waals surface area contributed by atoms with Crippen molar-refractivity contribution < 1.29 is 10.2 Å². The molecule has 0 radical (unpaired) electrons. The van der Waals surface area contributed by atoms with Gasteiger partial charge in [-0.2, -0.15) is 0 Å². The van der Waals surface area contributed by atoms with E-state index >= 15 is 0 Å². The molecule has 1 atom stereocenters. The summed E-state index contributed by atoms with van der Waals surface area (Å²) in [6.07, 6.45) is 4.63. The van der Waals surface area contributed by atoms with Crippen LogP contribution in [0.4, 0.5) is 5.69 Å². The Hall–Kier alpha value is -1.29. The number of nitrogens with zero attached hydrogens (tertiary/aromatic N) is 2. The maximum absolute atomic E-state index is 9.96. The number of anilines is 1. The molecule has 4 nitrogen and oxygen atoms in total. The third-order valence-corrected chi connectivity index (χ3v) is 3.79. The lowest BCUT2D eigenvalue weighted by molar-refractivity contribution is 0.150. The third kappa shape index (κ3) is 1.86. The maximum atomic E-state index is 9.96. The van der Waals surface area contributed by atoms with Crippen LogP contribution in [0.1, 0.15) is 43.0 Å². The van der Waals surface area contributed by atoms with Gasteiger partial charge in [-0.3, -0.25) is 0 Å². The highest BCUT2D eigenvalue weighted by Crippen LogP contribution is 2.37. The highest BCUT2D eigenvalue weighted by atomic mass is 16.3. The lowest BCUT2D eigenvalue weighted by atomic mass is 9.92. The second kappa shape index (κ2) is 4.18. The van der Waals surface area contributed by atoms with Crippen molar-refractivity contribution in [3.05, 3.63) is 17.3 Å². The van der Waals surface area contributed by atoms with E-state index in [4.69, 9.17) is 0 Å². The highest BCUT2D eigenvalue weighted by molar-refractivity contribution is 5.59. The minimum absolute atomic E-state index is 0.0339. The number of rotatable bonds is 1. The summed E-state index contributed by atoms with van der Waals surface area (Å²) in [5, 5.41) is 19.7. The van der Waals surface area contributed by atoms with Crippen LogP contribution in [0.2, 0.25) is 0 Å². The summed E-state index contributed by atoms with van der Waals surface area (Å²) in [4.78, 5) is 6.41. The first-order valence-electron chi connectivity index (χ1n) is 6.41. The maximum Gasteiger partial charge on any atom is 0.213 e. The largest absolute Gasteiger partial charge is 0.493 e. The van der Waals surface area contributed by atoms with Gasteiger partial charge in [0.2, 0.25) is 5.88 Å². The van der Waals surface area contributed by atoms with E-state index in [0.717, 1.165) is 43.6 Å². The number of aromatic nitrogens is 1. The Balaban J connectivity index is 2.07. The number of hydrogen-bond acceptors (Lipinski definition) is 4. The molecule has 0 amide bonds. The van der Waals surface area contributed by atoms with Gasteiger partial charge in [-0.15, -0.1) is 0 Å². The van der Waals surface area contributed by atoms with Crippen molar-refractivity contribution >= 4 is 5.69 Å². The molecular weight excluding hydrogens is 216 g/mol. The highest BCUT2D eigenvalue weighted by Gasteiger charge is 2.26. The molecule has 3 rings (SSSR count). The molecule has 4 heteroatoms. The van der Waals surface area contributed by atoms with Crippen molar-refractivity contribution in [3.8, 4) is 5.88 Å².